The van der Waals surface area contributed by atoms with Crippen LogP contribution in [0.4, 0.5) is 4.79 Å². The van der Waals surface area contributed by atoms with E-state index in [1.807, 2.05) is 56.9 Å². The molecule has 0 aliphatic carbocycles. The number of thiophene rings is 1. The lowest BCUT2D eigenvalue weighted by Crippen LogP contribution is -2.53. The van der Waals surface area contributed by atoms with Gasteiger partial charge in [-0.05, 0) is 62.8 Å². The van der Waals surface area contributed by atoms with Gasteiger partial charge in [0.05, 0.1) is 13.2 Å². The highest BCUT2D eigenvalue weighted by molar-refractivity contribution is 7.10. The van der Waals surface area contributed by atoms with Gasteiger partial charge in [-0.25, -0.2) is 4.79 Å². The normalized spacial score (nSPS) is 16.2. The molecule has 3 amide bonds. The van der Waals surface area contributed by atoms with Crippen LogP contribution in [0.2, 0.25) is 0 Å². The second-order valence-corrected chi connectivity index (χ2v) is 9.63. The maximum Gasteiger partial charge on any atom is 0.318 e. The van der Waals surface area contributed by atoms with Crippen molar-refractivity contribution in [2.45, 2.75) is 58.7 Å². The summed E-state index contributed by atoms with van der Waals surface area (Å²) in [4.78, 5) is 31.1. The van der Waals surface area contributed by atoms with E-state index in [2.05, 4.69) is 16.8 Å². The zero-order valence-electron chi connectivity index (χ0n) is 20.2. The van der Waals surface area contributed by atoms with Gasteiger partial charge in [-0.1, -0.05) is 13.0 Å². The lowest BCUT2D eigenvalue weighted by atomic mass is 10.00. The summed E-state index contributed by atoms with van der Waals surface area (Å²) in [5.41, 5.74) is 1.13. The predicted molar refractivity (Wildman–Crippen MR) is 131 cm³/mol. The molecule has 0 saturated heterocycles. The third-order valence-corrected chi connectivity index (χ3v) is 6.96. The quantitative estimate of drug-likeness (QED) is 0.583. The molecule has 33 heavy (non-hydrogen) atoms. The molecule has 180 valence electrons. The fourth-order valence-corrected chi connectivity index (χ4v) is 4.88. The Hall–Kier alpha value is -2.74. The Labute approximate surface area is 200 Å². The van der Waals surface area contributed by atoms with Crippen LogP contribution in [0.15, 0.2) is 35.7 Å². The molecule has 8 heteroatoms. The van der Waals surface area contributed by atoms with Crippen molar-refractivity contribution in [1.82, 2.24) is 15.1 Å². The molecular formula is C25H35N3O4S. The minimum absolute atomic E-state index is 0.00604. The molecule has 1 aliphatic heterocycles. The Morgan fingerprint density at radius 2 is 2.00 bits per heavy atom. The number of carbonyl (C=O) groups excluding carboxylic acids is 2. The van der Waals surface area contributed by atoms with E-state index in [9.17, 15) is 9.59 Å². The fourth-order valence-electron chi connectivity index (χ4n) is 3.96. The number of nitrogens with one attached hydrogen (secondary N) is 1. The second kappa shape index (κ2) is 11.4. The molecule has 0 radical (unpaired) electrons. The summed E-state index contributed by atoms with van der Waals surface area (Å²) >= 11 is 1.72. The van der Waals surface area contributed by atoms with E-state index in [0.29, 0.717) is 18.9 Å². The Kier molecular flexibility index (Phi) is 8.61. The molecule has 1 N–H and O–H groups in total. The van der Waals surface area contributed by atoms with Gasteiger partial charge in [0, 0.05) is 29.6 Å². The summed E-state index contributed by atoms with van der Waals surface area (Å²) in [5, 5.41) is 5.00. The maximum absolute atomic E-state index is 13.5. The molecule has 1 aliphatic rings. The first-order valence-electron chi connectivity index (χ1n) is 11.5. The second-order valence-electron chi connectivity index (χ2n) is 8.63. The number of fused-ring (bicyclic) bond motifs is 1. The van der Waals surface area contributed by atoms with Gasteiger partial charge in [-0.3, -0.25) is 4.79 Å². The summed E-state index contributed by atoms with van der Waals surface area (Å²) in [6.45, 7) is 8.83. The average Bonchev–Trinajstić information content (AvgIpc) is 3.29. The van der Waals surface area contributed by atoms with Crippen LogP contribution < -0.4 is 14.8 Å². The van der Waals surface area contributed by atoms with Crippen LogP contribution in [0, 0.1) is 0 Å². The molecule has 0 unspecified atom stereocenters. The number of hydrogen-bond donors (Lipinski definition) is 1. The molecule has 0 saturated carbocycles. The molecule has 0 bridgehead atoms. The highest BCUT2D eigenvalue weighted by Gasteiger charge is 2.34. The van der Waals surface area contributed by atoms with Gasteiger partial charge in [0.15, 0.2) is 0 Å². The molecule has 2 heterocycles. The molecular weight excluding hydrogens is 438 g/mol. The average molecular weight is 474 g/mol. The lowest BCUT2D eigenvalue weighted by molar-refractivity contribution is -0.136. The van der Waals surface area contributed by atoms with E-state index < -0.39 is 0 Å². The van der Waals surface area contributed by atoms with Gasteiger partial charge in [0.25, 0.3) is 0 Å². The first-order valence-corrected chi connectivity index (χ1v) is 12.4. The van der Waals surface area contributed by atoms with Crippen molar-refractivity contribution in [2.75, 3.05) is 26.8 Å². The van der Waals surface area contributed by atoms with E-state index in [0.717, 1.165) is 24.2 Å². The van der Waals surface area contributed by atoms with Crippen LogP contribution in [0.3, 0.4) is 0 Å². The van der Waals surface area contributed by atoms with Crippen molar-refractivity contribution < 1.29 is 19.1 Å². The van der Waals surface area contributed by atoms with Crippen LogP contribution in [-0.4, -0.2) is 60.6 Å². The highest BCUT2D eigenvalue weighted by atomic mass is 32.1. The zero-order valence-corrected chi connectivity index (χ0v) is 21.0. The molecule has 2 atom stereocenters. The van der Waals surface area contributed by atoms with Gasteiger partial charge in [0.2, 0.25) is 5.91 Å². The molecule has 0 fully saturated rings. The van der Waals surface area contributed by atoms with Gasteiger partial charge < -0.3 is 24.6 Å². The predicted octanol–water partition coefficient (Wildman–Crippen LogP) is 4.48. The SMILES string of the molecule is CC[C@@H](C)N(CC(=O)N1CCc2sccc2[C@@H]1COc1cccc(OC)c1)C(=O)NC(C)C. The largest absolute Gasteiger partial charge is 0.497 e. The van der Waals surface area contributed by atoms with Crippen LogP contribution in [0.1, 0.15) is 50.6 Å². The fraction of sp³-hybridized carbons (Fsp3) is 0.520. The first kappa shape index (κ1) is 24.9. The summed E-state index contributed by atoms with van der Waals surface area (Å²) in [5.74, 6) is 1.35. The number of carbonyl (C=O) groups is 2. The van der Waals surface area contributed by atoms with Crippen molar-refractivity contribution in [1.29, 1.82) is 0 Å². The Morgan fingerprint density at radius 3 is 2.70 bits per heavy atom. The number of methoxy groups -OCH3 is 1. The Morgan fingerprint density at radius 1 is 1.24 bits per heavy atom. The van der Waals surface area contributed by atoms with E-state index in [4.69, 9.17) is 9.47 Å². The molecule has 2 aromatic rings. The summed E-state index contributed by atoms with van der Waals surface area (Å²) in [6.07, 6.45) is 1.59. The monoisotopic (exact) mass is 473 g/mol. The number of amides is 3. The standard InChI is InChI=1S/C25H35N3O4S/c1-6-18(4)28(25(30)26-17(2)3)15-24(29)27-12-10-23-21(11-13-33-23)22(27)16-32-20-9-7-8-19(14-20)31-5/h7-9,11,13-14,17-18,22H,6,10,12,15-16H2,1-5H3,(H,26,30)/t18-,22+/m1/s1. The van der Waals surface area contributed by atoms with Gasteiger partial charge >= 0.3 is 6.03 Å². The van der Waals surface area contributed by atoms with Crippen molar-refractivity contribution in [2.24, 2.45) is 0 Å². The topological polar surface area (TPSA) is 71.1 Å². The Balaban J connectivity index is 1.78. The van der Waals surface area contributed by atoms with Crippen LogP contribution >= 0.6 is 11.3 Å². The minimum atomic E-state index is -0.204. The van der Waals surface area contributed by atoms with E-state index in [1.165, 1.54) is 4.88 Å². The molecule has 1 aromatic heterocycles. The lowest BCUT2D eigenvalue weighted by Gasteiger charge is -2.38. The number of nitrogens with zero attached hydrogens (tertiary/aromatic N) is 2. The van der Waals surface area contributed by atoms with Crippen LogP contribution in [0.5, 0.6) is 11.5 Å². The van der Waals surface area contributed by atoms with Crippen LogP contribution in [-0.2, 0) is 11.2 Å². The number of hydrogen-bond acceptors (Lipinski definition) is 5. The first-order chi connectivity index (χ1) is 15.8. The Bertz CT molecular complexity index is 945. The third-order valence-electron chi connectivity index (χ3n) is 5.97. The maximum atomic E-state index is 13.5. The third kappa shape index (κ3) is 6.19. The van der Waals surface area contributed by atoms with E-state index >= 15 is 0 Å². The molecule has 7 nitrogen and oxygen atoms in total. The summed E-state index contributed by atoms with van der Waals surface area (Å²) in [7, 11) is 1.62. The number of ether oxygens (including phenoxy) is 2. The van der Waals surface area contributed by atoms with Gasteiger partial charge in [0.1, 0.15) is 24.7 Å². The van der Waals surface area contributed by atoms with E-state index in [1.54, 1.807) is 23.3 Å². The van der Waals surface area contributed by atoms with Crippen molar-refractivity contribution in [3.63, 3.8) is 0 Å². The van der Waals surface area contributed by atoms with E-state index in [-0.39, 0.29) is 36.6 Å². The number of urea groups is 1. The zero-order chi connectivity index (χ0) is 24.0. The van der Waals surface area contributed by atoms with Crippen molar-refractivity contribution in [3.05, 3.63) is 46.2 Å². The van der Waals surface area contributed by atoms with Gasteiger partial charge in [-0.15, -0.1) is 11.3 Å². The number of benzene rings is 1. The number of rotatable bonds is 9. The smallest absolute Gasteiger partial charge is 0.318 e. The summed E-state index contributed by atoms with van der Waals surface area (Å²) < 4.78 is 11.4. The summed E-state index contributed by atoms with van der Waals surface area (Å²) in [6, 6.07) is 9.11. The minimum Gasteiger partial charge on any atom is -0.497 e. The van der Waals surface area contributed by atoms with Crippen molar-refractivity contribution >= 4 is 23.3 Å². The molecule has 3 rings (SSSR count). The molecule has 1 aromatic carbocycles. The van der Waals surface area contributed by atoms with Crippen LogP contribution in [0.25, 0.3) is 0 Å². The molecule has 0 spiro atoms. The highest BCUT2D eigenvalue weighted by Crippen LogP contribution is 2.34. The van der Waals surface area contributed by atoms with Crippen molar-refractivity contribution in [3.8, 4) is 11.5 Å². The van der Waals surface area contributed by atoms with Gasteiger partial charge in [-0.2, -0.15) is 0 Å².